The number of hydrogen-bond donors (Lipinski definition) is 2. The minimum Gasteiger partial charge on any atom is -0.351 e. The van der Waals surface area contributed by atoms with Crippen LogP contribution in [-0.2, 0) is 12.5 Å². The van der Waals surface area contributed by atoms with E-state index in [-0.39, 0.29) is 17.1 Å². The zero-order valence-electron chi connectivity index (χ0n) is 20.5. The Kier molecular flexibility index (Phi) is 5.14. The molecule has 182 valence electrons. The van der Waals surface area contributed by atoms with E-state index in [0.29, 0.717) is 29.5 Å². The first-order valence-corrected chi connectivity index (χ1v) is 12.1. The Hall–Kier alpha value is -4.07. The average Bonchev–Trinajstić information content (AvgIpc) is 3.64. The van der Waals surface area contributed by atoms with Crippen LogP contribution in [0.15, 0.2) is 54.9 Å². The molecule has 2 aromatic heterocycles. The molecule has 0 spiro atoms. The van der Waals surface area contributed by atoms with Gasteiger partial charge in [-0.1, -0.05) is 38.1 Å². The summed E-state index contributed by atoms with van der Waals surface area (Å²) in [5.41, 5.74) is 4.73. The molecule has 6 rings (SSSR count). The highest BCUT2D eigenvalue weighted by atomic mass is 19.1. The van der Waals surface area contributed by atoms with E-state index in [1.54, 1.807) is 12.1 Å². The van der Waals surface area contributed by atoms with Crippen molar-refractivity contribution in [2.75, 3.05) is 11.9 Å². The number of nitrogens with zero attached hydrogens (tertiary/aromatic N) is 4. The summed E-state index contributed by atoms with van der Waals surface area (Å²) in [7, 11) is 2.04. The molecule has 1 fully saturated rings. The molecule has 2 N–H and O–H groups in total. The van der Waals surface area contributed by atoms with Crippen LogP contribution in [0.1, 0.15) is 54.4 Å². The van der Waals surface area contributed by atoms with Gasteiger partial charge in [-0.05, 0) is 36.6 Å². The quantitative estimate of drug-likeness (QED) is 0.402. The molecule has 36 heavy (non-hydrogen) atoms. The van der Waals surface area contributed by atoms with E-state index >= 15 is 0 Å². The van der Waals surface area contributed by atoms with Gasteiger partial charge in [0.2, 0.25) is 0 Å². The standard InChI is InChI=1S/C28H27FN6O/c1-28(2)15-31-27(36)20-11-10-19(12-21(20)28)32-25-22(29)13-30-24(34-25)17-6-4-16(5-7-17)23-14-35(3)26(33-23)18-8-9-18/h4-7,10-14,18H,8-9,15H2,1-3H3,(H,31,36)(H,30,32,34). The van der Waals surface area contributed by atoms with E-state index in [1.165, 1.54) is 19.0 Å². The topological polar surface area (TPSA) is 84.7 Å². The summed E-state index contributed by atoms with van der Waals surface area (Å²) in [6, 6.07) is 13.3. The number of rotatable bonds is 5. The van der Waals surface area contributed by atoms with Gasteiger partial charge in [0, 0.05) is 53.5 Å². The Morgan fingerprint density at radius 2 is 1.83 bits per heavy atom. The van der Waals surface area contributed by atoms with Gasteiger partial charge in [0.1, 0.15) is 5.82 Å². The van der Waals surface area contributed by atoms with Crippen molar-refractivity contribution >= 4 is 17.4 Å². The molecule has 0 unspecified atom stereocenters. The molecule has 4 aromatic rings. The maximum Gasteiger partial charge on any atom is 0.251 e. The minimum absolute atomic E-state index is 0.0842. The summed E-state index contributed by atoms with van der Waals surface area (Å²) >= 11 is 0. The molecule has 0 saturated heterocycles. The lowest BCUT2D eigenvalue weighted by Crippen LogP contribution is -2.43. The molecule has 3 heterocycles. The maximum atomic E-state index is 14.7. The van der Waals surface area contributed by atoms with Crippen molar-refractivity contribution in [2.45, 2.75) is 38.0 Å². The first-order valence-electron chi connectivity index (χ1n) is 12.1. The number of carbonyl (C=O) groups is 1. The molecule has 1 aliphatic heterocycles. The highest BCUT2D eigenvalue weighted by Crippen LogP contribution is 2.40. The fourth-order valence-electron chi connectivity index (χ4n) is 4.73. The Labute approximate surface area is 208 Å². The van der Waals surface area contributed by atoms with Gasteiger partial charge in [0.25, 0.3) is 5.91 Å². The highest BCUT2D eigenvalue weighted by Gasteiger charge is 2.32. The number of benzene rings is 2. The van der Waals surface area contributed by atoms with Gasteiger partial charge in [-0.15, -0.1) is 0 Å². The Morgan fingerprint density at radius 3 is 2.58 bits per heavy atom. The van der Waals surface area contributed by atoms with E-state index in [1.807, 2.05) is 37.4 Å². The van der Waals surface area contributed by atoms with Crippen LogP contribution < -0.4 is 10.6 Å². The number of fused-ring (bicyclic) bond motifs is 1. The van der Waals surface area contributed by atoms with Crippen molar-refractivity contribution in [1.29, 1.82) is 0 Å². The summed E-state index contributed by atoms with van der Waals surface area (Å²) in [5.74, 6) is 1.58. The fourth-order valence-corrected chi connectivity index (χ4v) is 4.73. The Balaban J connectivity index is 1.26. The van der Waals surface area contributed by atoms with Crippen LogP contribution in [-0.4, -0.2) is 32.0 Å². The number of aryl methyl sites for hydroxylation is 1. The average molecular weight is 483 g/mol. The normalized spacial score (nSPS) is 16.4. The Morgan fingerprint density at radius 1 is 1.08 bits per heavy atom. The fraction of sp³-hybridized carbons (Fsp3) is 0.286. The number of halogens is 1. The van der Waals surface area contributed by atoms with Crippen LogP contribution in [0.3, 0.4) is 0 Å². The third-order valence-corrected chi connectivity index (χ3v) is 6.98. The molecule has 0 bridgehead atoms. The van der Waals surface area contributed by atoms with Crippen molar-refractivity contribution < 1.29 is 9.18 Å². The van der Waals surface area contributed by atoms with E-state index < -0.39 is 5.82 Å². The maximum absolute atomic E-state index is 14.7. The molecular formula is C28H27FN6O. The van der Waals surface area contributed by atoms with Crippen LogP contribution in [0.2, 0.25) is 0 Å². The van der Waals surface area contributed by atoms with E-state index in [0.717, 1.165) is 28.2 Å². The number of imidazole rings is 1. The minimum atomic E-state index is -0.550. The number of aromatic nitrogens is 4. The predicted molar refractivity (Wildman–Crippen MR) is 137 cm³/mol. The molecule has 1 saturated carbocycles. The lowest BCUT2D eigenvalue weighted by atomic mass is 9.79. The summed E-state index contributed by atoms with van der Waals surface area (Å²) in [5, 5.41) is 5.99. The summed E-state index contributed by atoms with van der Waals surface area (Å²) in [6.07, 6.45) is 5.65. The molecule has 1 amide bonds. The van der Waals surface area contributed by atoms with Crippen LogP contribution >= 0.6 is 0 Å². The van der Waals surface area contributed by atoms with Crippen LogP contribution in [0.4, 0.5) is 15.9 Å². The van der Waals surface area contributed by atoms with E-state index in [2.05, 4.69) is 45.2 Å². The monoisotopic (exact) mass is 482 g/mol. The van der Waals surface area contributed by atoms with Gasteiger partial charge in [-0.2, -0.15) is 0 Å². The first-order chi connectivity index (χ1) is 17.3. The third-order valence-electron chi connectivity index (χ3n) is 6.98. The van der Waals surface area contributed by atoms with Crippen LogP contribution in [0, 0.1) is 5.82 Å². The van der Waals surface area contributed by atoms with Crippen LogP contribution in [0.5, 0.6) is 0 Å². The zero-order chi connectivity index (χ0) is 25.0. The molecule has 1 aliphatic carbocycles. The summed E-state index contributed by atoms with van der Waals surface area (Å²) in [4.78, 5) is 25.7. The van der Waals surface area contributed by atoms with Crippen LogP contribution in [0.25, 0.3) is 22.6 Å². The smallest absolute Gasteiger partial charge is 0.251 e. The highest BCUT2D eigenvalue weighted by molar-refractivity contribution is 5.98. The number of carbonyl (C=O) groups excluding carboxylic acids is 1. The van der Waals surface area contributed by atoms with Gasteiger partial charge in [-0.3, -0.25) is 4.79 Å². The second-order valence-corrected chi connectivity index (χ2v) is 10.3. The van der Waals surface area contributed by atoms with E-state index in [4.69, 9.17) is 4.98 Å². The van der Waals surface area contributed by atoms with Crippen molar-refractivity contribution in [3.05, 3.63) is 77.6 Å². The summed E-state index contributed by atoms with van der Waals surface area (Å²) in [6.45, 7) is 4.68. The van der Waals surface area contributed by atoms with Gasteiger partial charge in [0.15, 0.2) is 17.5 Å². The van der Waals surface area contributed by atoms with E-state index in [9.17, 15) is 9.18 Å². The Bertz CT molecular complexity index is 1490. The largest absolute Gasteiger partial charge is 0.351 e. The molecule has 0 atom stereocenters. The molecule has 7 nitrogen and oxygen atoms in total. The van der Waals surface area contributed by atoms with Crippen molar-refractivity contribution in [2.24, 2.45) is 7.05 Å². The number of amides is 1. The van der Waals surface area contributed by atoms with Gasteiger partial charge in [0.05, 0.1) is 11.9 Å². The number of hydrogen-bond acceptors (Lipinski definition) is 5. The zero-order valence-corrected chi connectivity index (χ0v) is 20.5. The van der Waals surface area contributed by atoms with Crippen molar-refractivity contribution in [3.8, 4) is 22.6 Å². The number of nitrogens with one attached hydrogen (secondary N) is 2. The predicted octanol–water partition coefficient (Wildman–Crippen LogP) is 5.33. The van der Waals surface area contributed by atoms with Gasteiger partial charge < -0.3 is 15.2 Å². The second kappa shape index (κ2) is 8.26. The van der Waals surface area contributed by atoms with Gasteiger partial charge in [-0.25, -0.2) is 19.3 Å². The molecule has 8 heteroatoms. The lowest BCUT2D eigenvalue weighted by Gasteiger charge is -2.32. The SMILES string of the molecule is Cn1cc(-c2ccc(-c3ncc(F)c(Nc4ccc5c(c4)C(C)(C)CNC5=O)n3)cc2)nc1C1CC1. The van der Waals surface area contributed by atoms with Crippen molar-refractivity contribution in [1.82, 2.24) is 24.8 Å². The second-order valence-electron chi connectivity index (χ2n) is 10.3. The summed E-state index contributed by atoms with van der Waals surface area (Å²) < 4.78 is 16.8. The van der Waals surface area contributed by atoms with Crippen molar-refractivity contribution in [3.63, 3.8) is 0 Å². The molecular weight excluding hydrogens is 455 g/mol. The third kappa shape index (κ3) is 4.02. The molecule has 0 radical (unpaired) electrons. The lowest BCUT2D eigenvalue weighted by molar-refractivity contribution is 0.0930. The molecule has 2 aromatic carbocycles. The molecule has 2 aliphatic rings. The first kappa shape index (κ1) is 22.4. The van der Waals surface area contributed by atoms with Gasteiger partial charge >= 0.3 is 0 Å². The number of anilines is 2.